The number of thioether (sulfide) groups is 1. The molecule has 0 spiro atoms. The van der Waals surface area contributed by atoms with Gasteiger partial charge < -0.3 is 15.2 Å². The largest absolute Gasteiger partial charge is 0.444 e. The number of amides is 1. The van der Waals surface area contributed by atoms with Crippen LogP contribution in [0.1, 0.15) is 73.1 Å². The lowest BCUT2D eigenvalue weighted by atomic mass is 10.00. The summed E-state index contributed by atoms with van der Waals surface area (Å²) in [5, 5.41) is 14.1. The van der Waals surface area contributed by atoms with Gasteiger partial charge >= 0.3 is 6.09 Å². The maximum Gasteiger partial charge on any atom is 0.407 e. The Bertz CT molecular complexity index is 349. The summed E-state index contributed by atoms with van der Waals surface area (Å²) in [6, 6.07) is -0.249. The fraction of sp³-hybridized carbons (Fsp3) is 0.944. The summed E-state index contributed by atoms with van der Waals surface area (Å²) >= 11 is 1.86. The van der Waals surface area contributed by atoms with E-state index in [9.17, 15) is 9.90 Å². The van der Waals surface area contributed by atoms with Crippen molar-refractivity contribution in [2.24, 2.45) is 5.92 Å². The SMILES string of the molecule is CC(C)CC(NC(=O)OC(C)(C)C)C(O)CSC1CCCCC1. The summed E-state index contributed by atoms with van der Waals surface area (Å²) in [5.41, 5.74) is -0.520. The molecule has 0 saturated heterocycles. The predicted octanol–water partition coefficient (Wildman–Crippen LogP) is 4.35. The van der Waals surface area contributed by atoms with Crippen molar-refractivity contribution in [1.29, 1.82) is 0 Å². The van der Waals surface area contributed by atoms with E-state index in [-0.39, 0.29) is 6.04 Å². The molecule has 0 aliphatic heterocycles. The van der Waals surface area contributed by atoms with Crippen LogP contribution in [0.15, 0.2) is 0 Å². The third-order valence-corrected chi connectivity index (χ3v) is 5.42. The Balaban J connectivity index is 2.48. The summed E-state index contributed by atoms with van der Waals surface area (Å²) < 4.78 is 5.33. The van der Waals surface area contributed by atoms with Crippen molar-refractivity contribution in [2.45, 2.75) is 96.1 Å². The van der Waals surface area contributed by atoms with Crippen LogP contribution >= 0.6 is 11.8 Å². The van der Waals surface area contributed by atoms with E-state index in [1.54, 1.807) is 0 Å². The Morgan fingerprint density at radius 3 is 2.39 bits per heavy atom. The minimum atomic E-state index is -0.531. The van der Waals surface area contributed by atoms with Crippen LogP contribution in [0.4, 0.5) is 4.79 Å². The molecular formula is C18H35NO3S. The first-order chi connectivity index (χ1) is 10.7. The van der Waals surface area contributed by atoms with Crippen molar-refractivity contribution < 1.29 is 14.6 Å². The Hall–Kier alpha value is -0.420. The number of carbonyl (C=O) groups is 1. The highest BCUT2D eigenvalue weighted by molar-refractivity contribution is 7.99. The molecule has 2 atom stereocenters. The molecule has 1 aliphatic rings. The number of carbonyl (C=O) groups excluding carboxylic acids is 1. The van der Waals surface area contributed by atoms with Crippen molar-refractivity contribution in [1.82, 2.24) is 5.32 Å². The van der Waals surface area contributed by atoms with Gasteiger partial charge in [0.2, 0.25) is 0 Å². The normalized spacial score (nSPS) is 19.4. The maximum absolute atomic E-state index is 12.0. The van der Waals surface area contributed by atoms with E-state index in [1.807, 2.05) is 32.5 Å². The Labute approximate surface area is 146 Å². The second-order valence-electron chi connectivity index (χ2n) is 8.04. The van der Waals surface area contributed by atoms with Crippen LogP contribution in [0.25, 0.3) is 0 Å². The Kier molecular flexibility index (Phi) is 8.76. The molecule has 23 heavy (non-hydrogen) atoms. The molecule has 2 unspecified atom stereocenters. The Morgan fingerprint density at radius 1 is 1.26 bits per heavy atom. The van der Waals surface area contributed by atoms with Crippen LogP contribution < -0.4 is 5.32 Å². The average Bonchev–Trinajstić information content (AvgIpc) is 2.42. The van der Waals surface area contributed by atoms with Crippen LogP contribution in [-0.2, 0) is 4.74 Å². The van der Waals surface area contributed by atoms with Crippen LogP contribution in [-0.4, -0.2) is 39.9 Å². The molecule has 1 fully saturated rings. The molecule has 1 aliphatic carbocycles. The van der Waals surface area contributed by atoms with Gasteiger partial charge in [-0.15, -0.1) is 0 Å². The molecule has 5 heteroatoms. The number of aliphatic hydroxyl groups is 1. The number of ether oxygens (including phenoxy) is 1. The van der Waals surface area contributed by atoms with Gasteiger partial charge in [0.15, 0.2) is 0 Å². The number of rotatable bonds is 7. The van der Waals surface area contributed by atoms with Gasteiger partial charge in [0, 0.05) is 11.0 Å². The van der Waals surface area contributed by atoms with Gasteiger partial charge in [-0.3, -0.25) is 0 Å². The maximum atomic E-state index is 12.0. The third-order valence-electron chi connectivity index (χ3n) is 3.95. The fourth-order valence-corrected chi connectivity index (χ4v) is 4.23. The highest BCUT2D eigenvalue weighted by Gasteiger charge is 2.26. The number of nitrogens with one attached hydrogen (secondary N) is 1. The molecule has 4 nitrogen and oxygen atoms in total. The smallest absolute Gasteiger partial charge is 0.407 e. The van der Waals surface area contributed by atoms with E-state index in [2.05, 4.69) is 19.2 Å². The highest BCUT2D eigenvalue weighted by atomic mass is 32.2. The lowest BCUT2D eigenvalue weighted by molar-refractivity contribution is 0.0425. The van der Waals surface area contributed by atoms with Crippen molar-refractivity contribution in [3.63, 3.8) is 0 Å². The second-order valence-corrected chi connectivity index (χ2v) is 9.38. The lowest BCUT2D eigenvalue weighted by Gasteiger charge is -2.29. The van der Waals surface area contributed by atoms with Gasteiger partial charge in [-0.1, -0.05) is 33.1 Å². The van der Waals surface area contributed by atoms with Gasteiger partial charge in [-0.05, 0) is 46.0 Å². The number of aliphatic hydroxyl groups excluding tert-OH is 1. The highest BCUT2D eigenvalue weighted by Crippen LogP contribution is 2.29. The quantitative estimate of drug-likeness (QED) is 0.720. The molecule has 0 heterocycles. The number of alkyl carbamates (subject to hydrolysis) is 1. The zero-order valence-corrected chi connectivity index (χ0v) is 16.2. The minimum Gasteiger partial charge on any atom is -0.444 e. The van der Waals surface area contributed by atoms with Crippen LogP contribution in [0.5, 0.6) is 0 Å². The molecule has 0 aromatic carbocycles. The fourth-order valence-electron chi connectivity index (χ4n) is 2.86. The first-order valence-corrected chi connectivity index (χ1v) is 10.0. The molecule has 0 aromatic heterocycles. The first kappa shape index (κ1) is 20.6. The molecule has 0 aromatic rings. The molecule has 1 rings (SSSR count). The van der Waals surface area contributed by atoms with E-state index in [4.69, 9.17) is 4.74 Å². The molecule has 136 valence electrons. The molecule has 1 saturated carbocycles. The van der Waals surface area contributed by atoms with Crippen molar-refractivity contribution >= 4 is 17.9 Å². The van der Waals surface area contributed by atoms with Crippen molar-refractivity contribution in [2.75, 3.05) is 5.75 Å². The number of hydrogen-bond acceptors (Lipinski definition) is 4. The zero-order chi connectivity index (χ0) is 17.5. The monoisotopic (exact) mass is 345 g/mol. The van der Waals surface area contributed by atoms with E-state index in [1.165, 1.54) is 32.1 Å². The van der Waals surface area contributed by atoms with Crippen molar-refractivity contribution in [3.8, 4) is 0 Å². The molecule has 0 bridgehead atoms. The molecule has 1 amide bonds. The molecular weight excluding hydrogens is 310 g/mol. The van der Waals surface area contributed by atoms with E-state index in [0.29, 0.717) is 16.9 Å². The van der Waals surface area contributed by atoms with Crippen LogP contribution in [0.2, 0.25) is 0 Å². The second kappa shape index (κ2) is 9.77. The third kappa shape index (κ3) is 9.46. The number of hydrogen-bond donors (Lipinski definition) is 2. The van der Waals surface area contributed by atoms with Gasteiger partial charge in [-0.25, -0.2) is 4.79 Å². The van der Waals surface area contributed by atoms with Gasteiger partial charge in [0.1, 0.15) is 5.60 Å². The predicted molar refractivity (Wildman–Crippen MR) is 98.0 cm³/mol. The summed E-state index contributed by atoms with van der Waals surface area (Å²) in [6.45, 7) is 9.74. The Morgan fingerprint density at radius 2 is 1.87 bits per heavy atom. The van der Waals surface area contributed by atoms with Gasteiger partial charge in [0.25, 0.3) is 0 Å². The topological polar surface area (TPSA) is 58.6 Å². The average molecular weight is 346 g/mol. The lowest BCUT2D eigenvalue weighted by Crippen LogP contribution is -2.47. The minimum absolute atomic E-state index is 0.249. The van der Waals surface area contributed by atoms with E-state index < -0.39 is 17.8 Å². The summed E-state index contributed by atoms with van der Waals surface area (Å²) in [6.07, 6.45) is 6.25. The molecule has 0 radical (unpaired) electrons. The summed E-state index contributed by atoms with van der Waals surface area (Å²) in [4.78, 5) is 12.0. The molecule has 2 N–H and O–H groups in total. The summed E-state index contributed by atoms with van der Waals surface area (Å²) in [5.74, 6) is 1.09. The first-order valence-electron chi connectivity index (χ1n) is 8.96. The summed E-state index contributed by atoms with van der Waals surface area (Å²) in [7, 11) is 0. The van der Waals surface area contributed by atoms with E-state index >= 15 is 0 Å². The van der Waals surface area contributed by atoms with Gasteiger partial charge in [0.05, 0.1) is 12.1 Å². The van der Waals surface area contributed by atoms with Crippen LogP contribution in [0, 0.1) is 5.92 Å². The van der Waals surface area contributed by atoms with Crippen molar-refractivity contribution in [3.05, 3.63) is 0 Å². The van der Waals surface area contributed by atoms with E-state index in [0.717, 1.165) is 6.42 Å². The van der Waals surface area contributed by atoms with Crippen LogP contribution in [0.3, 0.4) is 0 Å². The zero-order valence-electron chi connectivity index (χ0n) is 15.4. The van der Waals surface area contributed by atoms with Gasteiger partial charge in [-0.2, -0.15) is 11.8 Å². The standard InChI is InChI=1S/C18H35NO3S/c1-13(2)11-15(19-17(21)22-18(3,4)5)16(20)12-23-14-9-7-6-8-10-14/h13-16,20H,6-12H2,1-5H3,(H,19,21).